The van der Waals surface area contributed by atoms with E-state index in [-0.39, 0.29) is 0 Å². The first kappa shape index (κ1) is 28.3. The van der Waals surface area contributed by atoms with Crippen LogP contribution in [0.15, 0.2) is 182 Å². The van der Waals surface area contributed by atoms with Crippen LogP contribution in [-0.2, 0) is 0 Å². The monoisotopic (exact) mass is 638 g/mol. The van der Waals surface area contributed by atoms with Gasteiger partial charge in [-0.25, -0.2) is 9.97 Å². The van der Waals surface area contributed by atoms with Gasteiger partial charge in [-0.3, -0.25) is 4.90 Å². The van der Waals surface area contributed by atoms with E-state index in [1.54, 1.807) is 0 Å². The largest absolute Gasteiger partial charge is 0.309 e. The first-order valence-corrected chi connectivity index (χ1v) is 16.9. The molecule has 0 radical (unpaired) electrons. The maximum absolute atomic E-state index is 5.36. The number of anilines is 3. The summed E-state index contributed by atoms with van der Waals surface area (Å²) in [6, 6.07) is 64.3. The molecule has 2 aromatic heterocycles. The molecule has 234 valence electrons. The molecule has 10 rings (SSSR count). The van der Waals surface area contributed by atoms with E-state index < -0.39 is 0 Å². The van der Waals surface area contributed by atoms with Crippen LogP contribution < -0.4 is 4.90 Å². The molecule has 0 spiro atoms. The third-order valence-corrected chi connectivity index (χ3v) is 9.75. The molecule has 7 aromatic carbocycles. The molecular weight excluding hydrogens is 609 g/mol. The highest BCUT2D eigenvalue weighted by Crippen LogP contribution is 2.52. The number of hydrogen-bond acceptors (Lipinski definition) is 3. The minimum absolute atomic E-state index is 0.623. The van der Waals surface area contributed by atoms with E-state index >= 15 is 0 Å². The average molecular weight is 639 g/mol. The van der Waals surface area contributed by atoms with Crippen LogP contribution in [0.1, 0.15) is 0 Å². The summed E-state index contributed by atoms with van der Waals surface area (Å²) in [6.45, 7) is 0. The standard InChI is InChI=1S/C46H30N4/c1-4-16-31(17-5-1)40-30-41(32-18-6-2-7-19-32)48-46(47-40)50-43-27-15-12-24-36(43)34-22-10-11-23-35(34)38-28-44-39(29-45(38)50)37-25-13-14-26-42(37)49(44)33-20-8-3-9-21-33/h1-30H. The molecule has 0 unspecified atom stereocenters. The topological polar surface area (TPSA) is 34.0 Å². The van der Waals surface area contributed by atoms with Crippen LogP contribution in [0.5, 0.6) is 0 Å². The molecule has 4 nitrogen and oxygen atoms in total. The van der Waals surface area contributed by atoms with E-state index in [2.05, 4.69) is 179 Å². The van der Waals surface area contributed by atoms with Crippen molar-refractivity contribution in [2.45, 2.75) is 0 Å². The summed E-state index contributed by atoms with van der Waals surface area (Å²) in [5, 5.41) is 2.37. The van der Waals surface area contributed by atoms with Gasteiger partial charge in [0.2, 0.25) is 5.95 Å². The summed E-state index contributed by atoms with van der Waals surface area (Å²) in [5.41, 5.74) is 14.0. The molecule has 0 aliphatic carbocycles. The first-order valence-electron chi connectivity index (χ1n) is 16.9. The van der Waals surface area contributed by atoms with Gasteiger partial charge in [0.1, 0.15) is 0 Å². The van der Waals surface area contributed by atoms with E-state index in [0.717, 1.165) is 56.2 Å². The molecule has 50 heavy (non-hydrogen) atoms. The van der Waals surface area contributed by atoms with Crippen molar-refractivity contribution in [3.8, 4) is 50.5 Å². The Kier molecular flexibility index (Phi) is 6.46. The van der Waals surface area contributed by atoms with Gasteiger partial charge in [0, 0.05) is 38.7 Å². The van der Waals surface area contributed by atoms with E-state index in [4.69, 9.17) is 9.97 Å². The molecule has 1 aliphatic heterocycles. The number of fused-ring (bicyclic) bond motifs is 8. The number of hydrogen-bond donors (Lipinski definition) is 0. The Morgan fingerprint density at radius 3 is 1.58 bits per heavy atom. The fourth-order valence-electron chi connectivity index (χ4n) is 7.50. The summed E-state index contributed by atoms with van der Waals surface area (Å²) in [6.07, 6.45) is 0. The zero-order valence-electron chi connectivity index (χ0n) is 27.1. The van der Waals surface area contributed by atoms with Crippen LogP contribution in [0.25, 0.3) is 72.3 Å². The number of aromatic nitrogens is 3. The quantitative estimate of drug-likeness (QED) is 0.192. The van der Waals surface area contributed by atoms with Gasteiger partial charge < -0.3 is 4.57 Å². The van der Waals surface area contributed by atoms with E-state index in [0.29, 0.717) is 5.95 Å². The van der Waals surface area contributed by atoms with Crippen LogP contribution in [0.4, 0.5) is 17.3 Å². The fraction of sp³-hybridized carbons (Fsp3) is 0. The van der Waals surface area contributed by atoms with E-state index in [9.17, 15) is 0 Å². The maximum Gasteiger partial charge on any atom is 0.235 e. The Morgan fingerprint density at radius 2 is 0.900 bits per heavy atom. The summed E-state index contributed by atoms with van der Waals surface area (Å²) in [7, 11) is 0. The van der Waals surface area contributed by atoms with Crippen LogP contribution >= 0.6 is 0 Å². The summed E-state index contributed by atoms with van der Waals surface area (Å²) >= 11 is 0. The van der Waals surface area contributed by atoms with E-state index in [1.165, 1.54) is 27.4 Å². The molecule has 0 fully saturated rings. The third-order valence-electron chi connectivity index (χ3n) is 9.75. The van der Waals surface area contributed by atoms with Crippen molar-refractivity contribution in [2.75, 3.05) is 4.90 Å². The lowest BCUT2D eigenvalue weighted by Crippen LogP contribution is -2.15. The number of nitrogens with zero attached hydrogens (tertiary/aromatic N) is 4. The maximum atomic E-state index is 5.36. The van der Waals surface area contributed by atoms with Crippen molar-refractivity contribution in [2.24, 2.45) is 0 Å². The molecular formula is C46H30N4. The zero-order valence-corrected chi connectivity index (χ0v) is 27.1. The highest BCUT2D eigenvalue weighted by molar-refractivity contribution is 6.14. The lowest BCUT2D eigenvalue weighted by atomic mass is 9.94. The Hall–Kier alpha value is -6.78. The lowest BCUT2D eigenvalue weighted by Gasteiger charge is -2.26. The smallest absolute Gasteiger partial charge is 0.235 e. The zero-order chi connectivity index (χ0) is 33.0. The molecule has 0 saturated heterocycles. The van der Waals surface area contributed by atoms with Gasteiger partial charge in [0.05, 0.1) is 33.8 Å². The highest BCUT2D eigenvalue weighted by Gasteiger charge is 2.30. The van der Waals surface area contributed by atoms with E-state index in [1.807, 2.05) is 12.1 Å². The van der Waals surface area contributed by atoms with Crippen molar-refractivity contribution in [3.05, 3.63) is 182 Å². The molecule has 0 saturated carbocycles. The summed E-state index contributed by atoms with van der Waals surface area (Å²) in [4.78, 5) is 13.0. The van der Waals surface area contributed by atoms with Gasteiger partial charge in [-0.05, 0) is 53.6 Å². The SMILES string of the molecule is c1ccc(-c2cc(-c3ccccc3)nc(N3c4ccccc4-c4ccccc4-c4cc5c(cc43)c3ccccc3n5-c3ccccc3)n2)cc1. The fourth-order valence-corrected chi connectivity index (χ4v) is 7.50. The van der Waals surface area contributed by atoms with Crippen LogP contribution in [0.2, 0.25) is 0 Å². The van der Waals surface area contributed by atoms with Crippen LogP contribution in [0.3, 0.4) is 0 Å². The van der Waals surface area contributed by atoms with Crippen molar-refractivity contribution in [1.29, 1.82) is 0 Å². The summed E-state index contributed by atoms with van der Waals surface area (Å²) < 4.78 is 2.38. The average Bonchev–Trinajstić information content (AvgIpc) is 3.46. The lowest BCUT2D eigenvalue weighted by molar-refractivity contribution is 1.09. The Morgan fingerprint density at radius 1 is 0.360 bits per heavy atom. The predicted molar refractivity (Wildman–Crippen MR) is 206 cm³/mol. The molecule has 9 aromatic rings. The Labute approximate surface area is 290 Å². The molecule has 0 atom stereocenters. The molecule has 1 aliphatic rings. The minimum atomic E-state index is 0.623. The second kappa shape index (κ2) is 11.4. The number of para-hydroxylation sites is 3. The molecule has 4 heteroatoms. The van der Waals surface area contributed by atoms with Crippen molar-refractivity contribution < 1.29 is 0 Å². The minimum Gasteiger partial charge on any atom is -0.309 e. The van der Waals surface area contributed by atoms with Crippen molar-refractivity contribution >= 4 is 39.1 Å². The van der Waals surface area contributed by atoms with Gasteiger partial charge >= 0.3 is 0 Å². The van der Waals surface area contributed by atoms with Crippen molar-refractivity contribution in [3.63, 3.8) is 0 Å². The predicted octanol–water partition coefficient (Wildman–Crippen LogP) is 12.0. The van der Waals surface area contributed by atoms with Gasteiger partial charge in [-0.15, -0.1) is 0 Å². The van der Waals surface area contributed by atoms with Crippen LogP contribution in [0, 0.1) is 0 Å². The van der Waals surface area contributed by atoms with Crippen molar-refractivity contribution in [1.82, 2.24) is 14.5 Å². The Balaban J connectivity index is 1.34. The van der Waals surface area contributed by atoms with Gasteiger partial charge in [-0.1, -0.05) is 140 Å². The van der Waals surface area contributed by atoms with Gasteiger partial charge in [0.25, 0.3) is 0 Å². The van der Waals surface area contributed by atoms with Gasteiger partial charge in [-0.2, -0.15) is 0 Å². The first-order chi connectivity index (χ1) is 24.8. The molecule has 3 heterocycles. The van der Waals surface area contributed by atoms with Crippen LogP contribution in [-0.4, -0.2) is 14.5 Å². The highest BCUT2D eigenvalue weighted by atomic mass is 15.3. The number of rotatable bonds is 4. The second-order valence-electron chi connectivity index (χ2n) is 12.6. The molecule has 0 bridgehead atoms. The molecule has 0 amide bonds. The number of benzene rings is 7. The normalized spacial score (nSPS) is 12.0. The Bertz CT molecular complexity index is 2640. The van der Waals surface area contributed by atoms with Gasteiger partial charge in [0.15, 0.2) is 0 Å². The molecule has 0 N–H and O–H groups in total. The second-order valence-corrected chi connectivity index (χ2v) is 12.6. The summed E-state index contributed by atoms with van der Waals surface area (Å²) in [5.74, 6) is 0.623. The third kappa shape index (κ3) is 4.46.